The first-order valence-electron chi connectivity index (χ1n) is 7.09. The summed E-state index contributed by atoms with van der Waals surface area (Å²) in [6.45, 7) is 1.07. The fourth-order valence-electron chi connectivity index (χ4n) is 2.27. The molecule has 6 nitrogen and oxygen atoms in total. The van der Waals surface area contributed by atoms with Gasteiger partial charge in [-0.15, -0.1) is 6.42 Å². The molecule has 0 spiro atoms. The molecule has 0 aliphatic heterocycles. The van der Waals surface area contributed by atoms with E-state index in [2.05, 4.69) is 54.3 Å². The Bertz CT molecular complexity index is 866. The number of fused-ring (bicyclic) bond motifs is 1. The molecule has 3 rings (SSSR count). The predicted molar refractivity (Wildman–Crippen MR) is 94.9 cm³/mol. The van der Waals surface area contributed by atoms with Crippen molar-refractivity contribution in [3.63, 3.8) is 0 Å². The number of nitrogens with two attached hydrogens (primary N) is 1. The molecular weight excluding hydrogens is 356 g/mol. The molecule has 0 aliphatic carbocycles. The molecule has 0 aliphatic rings. The molecule has 2 aromatic heterocycles. The van der Waals surface area contributed by atoms with Gasteiger partial charge in [0.2, 0.25) is 5.95 Å². The van der Waals surface area contributed by atoms with Gasteiger partial charge in [0.25, 0.3) is 0 Å². The number of halogens is 1. The Morgan fingerprint density at radius 1 is 1.22 bits per heavy atom. The van der Waals surface area contributed by atoms with Gasteiger partial charge in [0.15, 0.2) is 21.7 Å². The quantitative estimate of drug-likeness (QED) is 0.532. The number of nitrogens with zero attached hydrogens (tertiary/aromatic N) is 4. The van der Waals surface area contributed by atoms with Crippen molar-refractivity contribution in [1.29, 1.82) is 0 Å². The zero-order valence-corrected chi connectivity index (χ0v) is 13.9. The summed E-state index contributed by atoms with van der Waals surface area (Å²) in [5, 5.41) is 3.19. The molecule has 23 heavy (non-hydrogen) atoms. The minimum Gasteiger partial charge on any atom is -0.382 e. The maximum atomic E-state index is 5.98. The van der Waals surface area contributed by atoms with Crippen LogP contribution in [-0.2, 0) is 13.0 Å². The summed E-state index contributed by atoms with van der Waals surface area (Å²) < 4.78 is 2.36. The van der Waals surface area contributed by atoms with Gasteiger partial charge in [0.05, 0.1) is 6.54 Å². The first-order valence-corrected chi connectivity index (χ1v) is 7.89. The molecule has 0 saturated heterocycles. The van der Waals surface area contributed by atoms with Crippen LogP contribution in [-0.4, -0.2) is 26.1 Å². The van der Waals surface area contributed by atoms with Gasteiger partial charge < -0.3 is 11.1 Å². The van der Waals surface area contributed by atoms with Gasteiger partial charge in [0.1, 0.15) is 0 Å². The molecular formula is C16H15BrN6. The number of benzene rings is 1. The van der Waals surface area contributed by atoms with E-state index in [4.69, 9.17) is 12.2 Å². The summed E-state index contributed by atoms with van der Waals surface area (Å²) in [5.74, 6) is 3.37. The number of aromatic nitrogens is 4. The minimum absolute atomic E-state index is 0.327. The summed E-state index contributed by atoms with van der Waals surface area (Å²) in [7, 11) is 0. The van der Waals surface area contributed by atoms with Crippen molar-refractivity contribution in [1.82, 2.24) is 19.5 Å². The summed E-state index contributed by atoms with van der Waals surface area (Å²) in [6, 6.07) is 10.2. The van der Waals surface area contributed by atoms with E-state index in [9.17, 15) is 0 Å². The largest absolute Gasteiger partial charge is 0.382 e. The van der Waals surface area contributed by atoms with E-state index in [0.29, 0.717) is 40.8 Å². The summed E-state index contributed by atoms with van der Waals surface area (Å²) in [4.78, 5) is 13.0. The van der Waals surface area contributed by atoms with Crippen molar-refractivity contribution in [3.8, 4) is 12.3 Å². The normalized spacial score (nSPS) is 10.6. The van der Waals surface area contributed by atoms with Gasteiger partial charge >= 0.3 is 0 Å². The van der Waals surface area contributed by atoms with Gasteiger partial charge in [0, 0.05) is 6.54 Å². The van der Waals surface area contributed by atoms with Gasteiger partial charge in [-0.3, -0.25) is 4.57 Å². The standard InChI is InChI=1S/C16H15BrN6/c1-2-10-23-14-12(20-15(23)17)13(18)21-16(22-14)19-9-8-11-6-4-3-5-7-11/h1,3-7H,8-10H2,(H3,18,19,21,22). The number of hydrogen-bond acceptors (Lipinski definition) is 5. The third kappa shape index (κ3) is 3.27. The molecule has 116 valence electrons. The van der Waals surface area contributed by atoms with Crippen molar-refractivity contribution in [2.24, 2.45) is 0 Å². The molecule has 0 amide bonds. The SMILES string of the molecule is C#CCn1c(Br)nc2c(N)nc(NCCc3ccccc3)nc21. The highest BCUT2D eigenvalue weighted by Gasteiger charge is 2.14. The lowest BCUT2D eigenvalue weighted by Gasteiger charge is -2.07. The first kappa shape index (κ1) is 15.3. The third-order valence-corrected chi connectivity index (χ3v) is 3.97. The molecule has 0 bridgehead atoms. The minimum atomic E-state index is 0.327. The van der Waals surface area contributed by atoms with Crippen molar-refractivity contribution in [2.45, 2.75) is 13.0 Å². The second-order valence-corrected chi connectivity index (χ2v) is 5.65. The topological polar surface area (TPSA) is 81.7 Å². The Hall–Kier alpha value is -2.59. The number of nitrogen functional groups attached to an aromatic ring is 1. The number of nitrogens with one attached hydrogen (secondary N) is 1. The van der Waals surface area contributed by atoms with Crippen LogP contribution in [0.1, 0.15) is 5.56 Å². The average molecular weight is 371 g/mol. The highest BCUT2D eigenvalue weighted by molar-refractivity contribution is 9.10. The van der Waals surface area contributed by atoms with Gasteiger partial charge in [-0.25, -0.2) is 4.98 Å². The number of imidazole rings is 1. The Kier molecular flexibility index (Phi) is 4.44. The maximum Gasteiger partial charge on any atom is 0.226 e. The van der Waals surface area contributed by atoms with E-state index in [1.165, 1.54) is 5.56 Å². The van der Waals surface area contributed by atoms with Crippen molar-refractivity contribution < 1.29 is 0 Å². The van der Waals surface area contributed by atoms with E-state index in [-0.39, 0.29) is 0 Å². The fraction of sp³-hybridized carbons (Fsp3) is 0.188. The van der Waals surface area contributed by atoms with E-state index in [1.807, 2.05) is 18.2 Å². The smallest absolute Gasteiger partial charge is 0.226 e. The number of hydrogen-bond donors (Lipinski definition) is 2. The molecule has 3 N–H and O–H groups in total. The van der Waals surface area contributed by atoms with E-state index >= 15 is 0 Å². The van der Waals surface area contributed by atoms with E-state index < -0.39 is 0 Å². The molecule has 3 aromatic rings. The van der Waals surface area contributed by atoms with Crippen LogP contribution in [0.4, 0.5) is 11.8 Å². The van der Waals surface area contributed by atoms with Crippen LogP contribution >= 0.6 is 15.9 Å². The Balaban J connectivity index is 1.81. The summed E-state index contributed by atoms with van der Waals surface area (Å²) >= 11 is 3.37. The molecule has 0 fully saturated rings. The van der Waals surface area contributed by atoms with Crippen LogP contribution in [0.2, 0.25) is 0 Å². The number of anilines is 2. The molecule has 0 atom stereocenters. The molecule has 0 saturated carbocycles. The van der Waals surface area contributed by atoms with Crippen LogP contribution in [0.25, 0.3) is 11.2 Å². The number of rotatable bonds is 5. The van der Waals surface area contributed by atoms with E-state index in [1.54, 1.807) is 4.57 Å². The zero-order chi connectivity index (χ0) is 16.2. The summed E-state index contributed by atoms with van der Waals surface area (Å²) in [6.07, 6.45) is 6.26. The highest BCUT2D eigenvalue weighted by atomic mass is 79.9. The molecule has 1 aromatic carbocycles. The zero-order valence-electron chi connectivity index (χ0n) is 12.3. The van der Waals surface area contributed by atoms with Crippen molar-refractivity contribution >= 4 is 38.9 Å². The highest BCUT2D eigenvalue weighted by Crippen LogP contribution is 2.23. The molecule has 7 heteroatoms. The predicted octanol–water partition coefficient (Wildman–Crippen LogP) is 2.46. The lowest BCUT2D eigenvalue weighted by Crippen LogP contribution is -2.10. The van der Waals surface area contributed by atoms with Crippen LogP contribution in [0.3, 0.4) is 0 Å². The lowest BCUT2D eigenvalue weighted by molar-refractivity contribution is 0.830. The third-order valence-electron chi connectivity index (χ3n) is 3.36. The fourth-order valence-corrected chi connectivity index (χ4v) is 2.74. The van der Waals surface area contributed by atoms with Gasteiger partial charge in [-0.05, 0) is 27.9 Å². The van der Waals surface area contributed by atoms with Gasteiger partial charge in [-0.2, -0.15) is 9.97 Å². The van der Waals surface area contributed by atoms with Crippen molar-refractivity contribution in [3.05, 3.63) is 40.6 Å². The molecule has 0 radical (unpaired) electrons. The molecule has 2 heterocycles. The Labute approximate surface area is 142 Å². The second kappa shape index (κ2) is 6.67. The Morgan fingerprint density at radius 2 is 2.00 bits per heavy atom. The molecule has 0 unspecified atom stereocenters. The van der Waals surface area contributed by atoms with Crippen LogP contribution in [0.15, 0.2) is 35.1 Å². The number of terminal acetylenes is 1. The van der Waals surface area contributed by atoms with Crippen LogP contribution in [0, 0.1) is 12.3 Å². The average Bonchev–Trinajstić information content (AvgIpc) is 2.86. The lowest BCUT2D eigenvalue weighted by atomic mass is 10.1. The maximum absolute atomic E-state index is 5.98. The summed E-state index contributed by atoms with van der Waals surface area (Å²) in [5.41, 5.74) is 8.38. The Morgan fingerprint density at radius 3 is 2.74 bits per heavy atom. The van der Waals surface area contributed by atoms with Crippen molar-refractivity contribution in [2.75, 3.05) is 17.6 Å². The van der Waals surface area contributed by atoms with E-state index in [0.717, 1.165) is 6.42 Å². The van der Waals surface area contributed by atoms with Crippen LogP contribution < -0.4 is 11.1 Å². The second-order valence-electron chi connectivity index (χ2n) is 4.94. The monoisotopic (exact) mass is 370 g/mol. The van der Waals surface area contributed by atoms with Crippen LogP contribution in [0.5, 0.6) is 0 Å². The first-order chi connectivity index (χ1) is 11.2. The van der Waals surface area contributed by atoms with Gasteiger partial charge in [-0.1, -0.05) is 36.3 Å².